The summed E-state index contributed by atoms with van der Waals surface area (Å²) in [5, 5.41) is 3.51. The highest BCUT2D eigenvalue weighted by Gasteiger charge is 2.35. The molecule has 120 valence electrons. The van der Waals surface area contributed by atoms with E-state index in [0.29, 0.717) is 0 Å². The summed E-state index contributed by atoms with van der Waals surface area (Å²) in [7, 11) is 1.65. The quantitative estimate of drug-likeness (QED) is 0.926. The Morgan fingerprint density at radius 3 is 2.52 bits per heavy atom. The molecule has 0 spiro atoms. The standard InChI is InChI=1S/C19H22N2O2/c1-4-13(2)21-18(14-9-11-15(23-3)12-10-14)20-17-8-6-5-7-16(17)19(21)22/h5-13,18,20H,4H2,1-3H3/t13-,18+/m0/s1. The van der Waals surface area contributed by atoms with Crippen LogP contribution in [0.1, 0.15) is 42.4 Å². The van der Waals surface area contributed by atoms with E-state index < -0.39 is 0 Å². The highest BCUT2D eigenvalue weighted by molar-refractivity contribution is 6.01. The van der Waals surface area contributed by atoms with E-state index in [1.54, 1.807) is 7.11 Å². The summed E-state index contributed by atoms with van der Waals surface area (Å²) in [4.78, 5) is 14.9. The highest BCUT2D eigenvalue weighted by atomic mass is 16.5. The normalized spacial score (nSPS) is 18.1. The van der Waals surface area contributed by atoms with Crippen LogP contribution in [-0.4, -0.2) is 24.0 Å². The summed E-state index contributed by atoms with van der Waals surface area (Å²) in [5.41, 5.74) is 2.67. The van der Waals surface area contributed by atoms with Gasteiger partial charge in [0.15, 0.2) is 0 Å². The molecule has 0 radical (unpaired) electrons. The molecule has 0 fully saturated rings. The van der Waals surface area contributed by atoms with Crippen LogP contribution in [0.3, 0.4) is 0 Å². The van der Waals surface area contributed by atoms with Gasteiger partial charge in [-0.3, -0.25) is 4.79 Å². The molecule has 1 aliphatic rings. The molecule has 0 unspecified atom stereocenters. The Kier molecular flexibility index (Phi) is 4.24. The first-order chi connectivity index (χ1) is 11.2. The first-order valence-corrected chi connectivity index (χ1v) is 7.98. The van der Waals surface area contributed by atoms with Crippen LogP contribution in [0.25, 0.3) is 0 Å². The fourth-order valence-corrected chi connectivity index (χ4v) is 2.95. The van der Waals surface area contributed by atoms with Crippen molar-refractivity contribution in [2.45, 2.75) is 32.5 Å². The first kappa shape index (κ1) is 15.4. The minimum Gasteiger partial charge on any atom is -0.497 e. The lowest BCUT2D eigenvalue weighted by Gasteiger charge is -2.41. The van der Waals surface area contributed by atoms with Crippen molar-refractivity contribution >= 4 is 11.6 Å². The number of methoxy groups -OCH3 is 1. The second-order valence-electron chi connectivity index (χ2n) is 5.84. The van der Waals surface area contributed by atoms with E-state index in [9.17, 15) is 4.79 Å². The Morgan fingerprint density at radius 1 is 1.17 bits per heavy atom. The molecule has 4 heteroatoms. The summed E-state index contributed by atoms with van der Waals surface area (Å²) in [6.45, 7) is 4.19. The van der Waals surface area contributed by atoms with Crippen molar-refractivity contribution < 1.29 is 9.53 Å². The molecule has 0 saturated carbocycles. The van der Waals surface area contributed by atoms with Crippen molar-refractivity contribution in [3.63, 3.8) is 0 Å². The molecule has 0 aliphatic carbocycles. The molecule has 2 atom stereocenters. The molecule has 2 aromatic rings. The molecule has 1 amide bonds. The molecule has 0 bridgehead atoms. The Hall–Kier alpha value is -2.49. The lowest BCUT2D eigenvalue weighted by Crippen LogP contribution is -2.47. The Labute approximate surface area is 137 Å². The van der Waals surface area contributed by atoms with Crippen LogP contribution < -0.4 is 10.1 Å². The fourth-order valence-electron chi connectivity index (χ4n) is 2.95. The number of hydrogen-bond acceptors (Lipinski definition) is 3. The van der Waals surface area contributed by atoms with Crippen LogP contribution in [0.15, 0.2) is 48.5 Å². The number of fused-ring (bicyclic) bond motifs is 1. The van der Waals surface area contributed by atoms with Crippen molar-refractivity contribution in [2.24, 2.45) is 0 Å². The van der Waals surface area contributed by atoms with Gasteiger partial charge >= 0.3 is 0 Å². The van der Waals surface area contributed by atoms with E-state index in [2.05, 4.69) is 19.2 Å². The zero-order valence-electron chi connectivity index (χ0n) is 13.7. The minimum atomic E-state index is -0.168. The Bertz CT molecular complexity index is 697. The number of hydrogen-bond donors (Lipinski definition) is 1. The van der Waals surface area contributed by atoms with Gasteiger partial charge in [0.05, 0.1) is 12.7 Å². The number of amides is 1. The number of benzene rings is 2. The molecule has 3 rings (SSSR count). The number of carbonyl (C=O) groups is 1. The SMILES string of the molecule is CC[C@H](C)N1C(=O)c2ccccc2N[C@H]1c1ccc(OC)cc1. The number of anilines is 1. The van der Waals surface area contributed by atoms with E-state index in [4.69, 9.17) is 4.74 Å². The highest BCUT2D eigenvalue weighted by Crippen LogP contribution is 2.35. The molecule has 4 nitrogen and oxygen atoms in total. The molecule has 1 heterocycles. The average Bonchev–Trinajstić information content (AvgIpc) is 2.61. The van der Waals surface area contributed by atoms with Gasteiger partial charge in [-0.05, 0) is 43.2 Å². The van der Waals surface area contributed by atoms with Crippen LogP contribution in [0, 0.1) is 0 Å². The second-order valence-corrected chi connectivity index (χ2v) is 5.84. The molecule has 0 aromatic heterocycles. The largest absolute Gasteiger partial charge is 0.497 e. The topological polar surface area (TPSA) is 41.6 Å². The minimum absolute atomic E-state index is 0.0783. The lowest BCUT2D eigenvalue weighted by molar-refractivity contribution is 0.0593. The number of carbonyl (C=O) groups excluding carboxylic acids is 1. The van der Waals surface area contributed by atoms with Gasteiger partial charge in [0.2, 0.25) is 0 Å². The molecule has 2 aromatic carbocycles. The molecular weight excluding hydrogens is 288 g/mol. The fraction of sp³-hybridized carbons (Fsp3) is 0.316. The number of ether oxygens (including phenoxy) is 1. The van der Waals surface area contributed by atoms with Gasteiger partial charge in [0.25, 0.3) is 5.91 Å². The maximum Gasteiger partial charge on any atom is 0.258 e. The zero-order valence-corrected chi connectivity index (χ0v) is 13.7. The molecule has 0 saturated heterocycles. The van der Waals surface area contributed by atoms with Crippen molar-refractivity contribution in [2.75, 3.05) is 12.4 Å². The number of nitrogens with zero attached hydrogens (tertiary/aromatic N) is 1. The summed E-state index contributed by atoms with van der Waals surface area (Å²) >= 11 is 0. The third-order valence-electron chi connectivity index (χ3n) is 4.46. The number of nitrogens with one attached hydrogen (secondary N) is 1. The van der Waals surface area contributed by atoms with Gasteiger partial charge in [-0.1, -0.05) is 31.2 Å². The van der Waals surface area contributed by atoms with Crippen molar-refractivity contribution in [3.05, 3.63) is 59.7 Å². The molecular formula is C19H22N2O2. The van der Waals surface area contributed by atoms with Crippen molar-refractivity contribution in [1.82, 2.24) is 4.90 Å². The van der Waals surface area contributed by atoms with E-state index in [1.165, 1.54) is 0 Å². The number of rotatable bonds is 4. The monoisotopic (exact) mass is 310 g/mol. The van der Waals surface area contributed by atoms with Gasteiger partial charge in [0.1, 0.15) is 11.9 Å². The van der Waals surface area contributed by atoms with Crippen LogP contribution in [0.4, 0.5) is 5.69 Å². The third kappa shape index (κ3) is 2.77. The molecule has 1 aliphatic heterocycles. The third-order valence-corrected chi connectivity index (χ3v) is 4.46. The first-order valence-electron chi connectivity index (χ1n) is 7.98. The van der Waals surface area contributed by atoms with Gasteiger partial charge in [-0.25, -0.2) is 0 Å². The molecule has 23 heavy (non-hydrogen) atoms. The van der Waals surface area contributed by atoms with Crippen molar-refractivity contribution in [1.29, 1.82) is 0 Å². The maximum absolute atomic E-state index is 13.0. The average molecular weight is 310 g/mol. The van der Waals surface area contributed by atoms with Crippen LogP contribution in [0.2, 0.25) is 0 Å². The van der Waals surface area contributed by atoms with Crippen LogP contribution >= 0.6 is 0 Å². The van der Waals surface area contributed by atoms with E-state index in [1.807, 2.05) is 53.4 Å². The molecule has 1 N–H and O–H groups in total. The summed E-state index contributed by atoms with van der Waals surface area (Å²) < 4.78 is 5.23. The zero-order chi connectivity index (χ0) is 16.4. The Balaban J connectivity index is 2.03. The Morgan fingerprint density at radius 2 is 1.87 bits per heavy atom. The van der Waals surface area contributed by atoms with Crippen LogP contribution in [0.5, 0.6) is 5.75 Å². The summed E-state index contributed by atoms with van der Waals surface area (Å²) in [6.07, 6.45) is 0.737. The van der Waals surface area contributed by atoms with Crippen molar-refractivity contribution in [3.8, 4) is 5.75 Å². The van der Waals surface area contributed by atoms with E-state index in [-0.39, 0.29) is 18.1 Å². The van der Waals surface area contributed by atoms with Crippen LogP contribution in [-0.2, 0) is 0 Å². The second kappa shape index (κ2) is 6.32. The van der Waals surface area contributed by atoms with Gasteiger partial charge in [0, 0.05) is 11.7 Å². The summed E-state index contributed by atoms with van der Waals surface area (Å²) in [5.74, 6) is 0.890. The van der Waals surface area contributed by atoms with Gasteiger partial charge in [-0.15, -0.1) is 0 Å². The van der Waals surface area contributed by atoms with E-state index in [0.717, 1.165) is 29.0 Å². The van der Waals surface area contributed by atoms with E-state index >= 15 is 0 Å². The maximum atomic E-state index is 13.0. The smallest absolute Gasteiger partial charge is 0.258 e. The predicted octanol–water partition coefficient (Wildman–Crippen LogP) is 4.06. The van der Waals surface area contributed by atoms with Gasteiger partial charge < -0.3 is 15.0 Å². The predicted molar refractivity (Wildman–Crippen MR) is 91.7 cm³/mol. The summed E-state index contributed by atoms with van der Waals surface area (Å²) in [6, 6.07) is 15.7. The van der Waals surface area contributed by atoms with Gasteiger partial charge in [-0.2, -0.15) is 0 Å². The lowest BCUT2D eigenvalue weighted by atomic mass is 10.0. The number of para-hydroxylation sites is 1.